The van der Waals surface area contributed by atoms with Crippen molar-refractivity contribution < 1.29 is 9.53 Å². The zero-order valence-corrected chi connectivity index (χ0v) is 16.5. The number of unbranched alkanes of at least 4 members (excludes halogenated alkanes) is 1. The third-order valence-electron chi connectivity index (χ3n) is 4.63. The molecule has 3 rings (SSSR count). The summed E-state index contributed by atoms with van der Waals surface area (Å²) in [6, 6.07) is 17.9. The third kappa shape index (κ3) is 5.40. The summed E-state index contributed by atoms with van der Waals surface area (Å²) in [5, 5.41) is 3.00. The van der Waals surface area contributed by atoms with Gasteiger partial charge in [0.25, 0.3) is 5.91 Å². The summed E-state index contributed by atoms with van der Waals surface area (Å²) >= 11 is 3.42. The second kappa shape index (κ2) is 9.86. The van der Waals surface area contributed by atoms with Crippen LogP contribution < -0.4 is 5.32 Å². The number of benzene rings is 2. The largest absolute Gasteiger partial charge is 0.371 e. The van der Waals surface area contributed by atoms with Crippen LogP contribution >= 0.6 is 15.9 Å². The first-order chi connectivity index (χ1) is 12.7. The molecule has 1 aliphatic heterocycles. The predicted octanol–water partition coefficient (Wildman–Crippen LogP) is 4.03. The average molecular weight is 417 g/mol. The minimum atomic E-state index is -0.0204. The van der Waals surface area contributed by atoms with Crippen LogP contribution in [0, 0.1) is 0 Å². The van der Waals surface area contributed by atoms with Gasteiger partial charge < -0.3 is 10.1 Å². The van der Waals surface area contributed by atoms with Crippen molar-refractivity contribution in [3.63, 3.8) is 0 Å². The number of ether oxygens (including phenoxy) is 1. The lowest BCUT2D eigenvalue weighted by molar-refractivity contribution is -0.0303. The molecular weight excluding hydrogens is 392 g/mol. The van der Waals surface area contributed by atoms with Crippen molar-refractivity contribution in [3.8, 4) is 0 Å². The molecule has 1 heterocycles. The number of carbonyl (C=O) groups is 1. The molecule has 138 valence electrons. The van der Waals surface area contributed by atoms with Crippen molar-refractivity contribution in [1.82, 2.24) is 10.2 Å². The summed E-state index contributed by atoms with van der Waals surface area (Å²) in [6.07, 6.45) is 2.21. The van der Waals surface area contributed by atoms with Crippen LogP contribution in [0.3, 0.4) is 0 Å². The zero-order chi connectivity index (χ0) is 18.2. The highest BCUT2D eigenvalue weighted by molar-refractivity contribution is 9.10. The Hall–Kier alpha value is -1.69. The number of nitrogens with zero attached hydrogens (tertiary/aromatic N) is 1. The van der Waals surface area contributed by atoms with Gasteiger partial charge in [0.1, 0.15) is 0 Å². The molecule has 0 aromatic heterocycles. The van der Waals surface area contributed by atoms with Crippen molar-refractivity contribution in [2.45, 2.75) is 18.9 Å². The maximum Gasteiger partial charge on any atom is 0.252 e. The van der Waals surface area contributed by atoms with Gasteiger partial charge >= 0.3 is 0 Å². The lowest BCUT2D eigenvalue weighted by Gasteiger charge is -2.33. The Morgan fingerprint density at radius 2 is 1.88 bits per heavy atom. The number of amides is 1. The van der Waals surface area contributed by atoms with Crippen LogP contribution in [-0.2, 0) is 4.74 Å². The smallest absolute Gasteiger partial charge is 0.252 e. The Morgan fingerprint density at radius 3 is 2.69 bits per heavy atom. The maximum absolute atomic E-state index is 12.2. The van der Waals surface area contributed by atoms with E-state index >= 15 is 0 Å². The fourth-order valence-electron chi connectivity index (χ4n) is 3.18. The molecule has 1 unspecified atom stereocenters. The highest BCUT2D eigenvalue weighted by atomic mass is 79.9. The fraction of sp³-hybridized carbons (Fsp3) is 0.381. The monoisotopic (exact) mass is 416 g/mol. The van der Waals surface area contributed by atoms with Gasteiger partial charge in [0, 0.05) is 24.1 Å². The van der Waals surface area contributed by atoms with Gasteiger partial charge in [0.05, 0.1) is 18.3 Å². The predicted molar refractivity (Wildman–Crippen MR) is 107 cm³/mol. The minimum Gasteiger partial charge on any atom is -0.371 e. The van der Waals surface area contributed by atoms with Crippen LogP contribution in [0.4, 0.5) is 0 Å². The number of morpholine rings is 1. The Bertz CT molecular complexity index is 708. The molecule has 4 nitrogen and oxygen atoms in total. The third-order valence-corrected chi connectivity index (χ3v) is 5.32. The Labute approximate surface area is 163 Å². The number of halogens is 1. The second-order valence-electron chi connectivity index (χ2n) is 6.51. The molecule has 0 radical (unpaired) electrons. The van der Waals surface area contributed by atoms with Gasteiger partial charge in [-0.05, 0) is 53.0 Å². The first-order valence-electron chi connectivity index (χ1n) is 9.15. The maximum atomic E-state index is 12.2. The van der Waals surface area contributed by atoms with E-state index in [0.29, 0.717) is 12.1 Å². The van der Waals surface area contributed by atoms with Crippen LogP contribution in [0.25, 0.3) is 0 Å². The van der Waals surface area contributed by atoms with E-state index in [9.17, 15) is 4.79 Å². The molecule has 2 aromatic carbocycles. The van der Waals surface area contributed by atoms with Crippen LogP contribution in [0.2, 0.25) is 0 Å². The molecule has 1 aliphatic rings. The van der Waals surface area contributed by atoms with Gasteiger partial charge in [-0.25, -0.2) is 0 Å². The number of carbonyl (C=O) groups excluding carboxylic acids is 1. The first kappa shape index (κ1) is 19.1. The zero-order valence-electron chi connectivity index (χ0n) is 14.9. The molecule has 0 bridgehead atoms. The highest BCUT2D eigenvalue weighted by Crippen LogP contribution is 2.22. The molecule has 2 aromatic rings. The standard InChI is InChI=1S/C21H25BrN2O2/c22-19-11-5-4-10-18(19)21(25)23-12-6-7-13-24-14-15-26-20(16-24)17-8-2-1-3-9-17/h1-5,8-11,20H,6-7,12-16H2,(H,23,25). The van der Waals surface area contributed by atoms with E-state index in [4.69, 9.17) is 4.74 Å². The topological polar surface area (TPSA) is 41.6 Å². The van der Waals surface area contributed by atoms with E-state index in [0.717, 1.165) is 43.6 Å². The Balaban J connectivity index is 1.36. The van der Waals surface area contributed by atoms with E-state index < -0.39 is 0 Å². The van der Waals surface area contributed by atoms with Crippen molar-refractivity contribution in [1.29, 1.82) is 0 Å². The molecule has 26 heavy (non-hydrogen) atoms. The normalized spacial score (nSPS) is 17.8. The van der Waals surface area contributed by atoms with Gasteiger partial charge in [-0.2, -0.15) is 0 Å². The fourth-order valence-corrected chi connectivity index (χ4v) is 3.64. The molecule has 1 saturated heterocycles. The van der Waals surface area contributed by atoms with Crippen molar-refractivity contribution in [2.75, 3.05) is 32.8 Å². The van der Waals surface area contributed by atoms with E-state index in [1.807, 2.05) is 30.3 Å². The van der Waals surface area contributed by atoms with Gasteiger partial charge in [-0.1, -0.05) is 42.5 Å². The SMILES string of the molecule is O=C(NCCCCN1CCOC(c2ccccc2)C1)c1ccccc1Br. The molecule has 1 N–H and O–H groups in total. The number of nitrogens with one attached hydrogen (secondary N) is 1. The van der Waals surface area contributed by atoms with E-state index in [2.05, 4.69) is 50.4 Å². The highest BCUT2D eigenvalue weighted by Gasteiger charge is 2.21. The van der Waals surface area contributed by atoms with Gasteiger partial charge in [0.2, 0.25) is 0 Å². The molecule has 5 heteroatoms. The molecule has 1 fully saturated rings. The average Bonchev–Trinajstić information content (AvgIpc) is 2.69. The summed E-state index contributed by atoms with van der Waals surface area (Å²) in [6.45, 7) is 4.43. The van der Waals surface area contributed by atoms with Crippen LogP contribution in [-0.4, -0.2) is 43.6 Å². The van der Waals surface area contributed by atoms with Crippen LogP contribution in [0.15, 0.2) is 59.1 Å². The lowest BCUT2D eigenvalue weighted by Crippen LogP contribution is -2.39. The molecule has 1 atom stereocenters. The van der Waals surface area contributed by atoms with Gasteiger partial charge in [-0.3, -0.25) is 9.69 Å². The Kier molecular flexibility index (Phi) is 7.23. The molecule has 0 saturated carbocycles. The van der Waals surface area contributed by atoms with Crippen molar-refractivity contribution in [2.24, 2.45) is 0 Å². The summed E-state index contributed by atoms with van der Waals surface area (Å²) in [7, 11) is 0. The van der Waals surface area contributed by atoms with Crippen LogP contribution in [0.5, 0.6) is 0 Å². The number of rotatable bonds is 7. The summed E-state index contributed by atoms with van der Waals surface area (Å²) in [5.74, 6) is -0.0204. The van der Waals surface area contributed by atoms with Crippen molar-refractivity contribution in [3.05, 3.63) is 70.2 Å². The molecular formula is C21H25BrN2O2. The van der Waals surface area contributed by atoms with Gasteiger partial charge in [0.15, 0.2) is 0 Å². The van der Waals surface area contributed by atoms with E-state index in [-0.39, 0.29) is 12.0 Å². The Morgan fingerprint density at radius 1 is 1.12 bits per heavy atom. The number of hydrogen-bond donors (Lipinski definition) is 1. The van der Waals surface area contributed by atoms with Crippen LogP contribution in [0.1, 0.15) is 34.9 Å². The summed E-state index contributed by atoms with van der Waals surface area (Å²) in [4.78, 5) is 14.6. The number of hydrogen-bond acceptors (Lipinski definition) is 3. The molecule has 0 aliphatic carbocycles. The van der Waals surface area contributed by atoms with Gasteiger partial charge in [-0.15, -0.1) is 0 Å². The summed E-state index contributed by atoms with van der Waals surface area (Å²) in [5.41, 5.74) is 1.93. The molecule has 0 spiro atoms. The summed E-state index contributed by atoms with van der Waals surface area (Å²) < 4.78 is 6.74. The van der Waals surface area contributed by atoms with E-state index in [1.165, 1.54) is 5.56 Å². The minimum absolute atomic E-state index is 0.0204. The lowest BCUT2D eigenvalue weighted by atomic mass is 10.1. The molecule has 1 amide bonds. The first-order valence-corrected chi connectivity index (χ1v) is 9.95. The quantitative estimate of drug-likeness (QED) is 0.692. The van der Waals surface area contributed by atoms with E-state index in [1.54, 1.807) is 0 Å². The van der Waals surface area contributed by atoms with Crippen molar-refractivity contribution >= 4 is 21.8 Å². The second-order valence-corrected chi connectivity index (χ2v) is 7.37.